The van der Waals surface area contributed by atoms with Crippen molar-refractivity contribution in [2.24, 2.45) is 0 Å². The molecule has 9 aromatic carbocycles. The first kappa shape index (κ1) is 33.3. The van der Waals surface area contributed by atoms with E-state index in [1.165, 1.54) is 81.5 Å². The Labute approximate surface area is 337 Å². The van der Waals surface area contributed by atoms with Crippen LogP contribution in [0, 0.1) is 0 Å². The second-order valence-corrected chi connectivity index (χ2v) is 15.9. The average molecular weight is 744 g/mol. The van der Waals surface area contributed by atoms with Gasteiger partial charge < -0.3 is 4.90 Å². The number of anilines is 3. The lowest BCUT2D eigenvalue weighted by Gasteiger charge is -2.33. The molecule has 2 heteroatoms. The summed E-state index contributed by atoms with van der Waals surface area (Å²) in [6.45, 7) is 0. The molecule has 0 bridgehead atoms. The lowest BCUT2D eigenvalue weighted by atomic mass is 9.67. The molecule has 0 unspecified atom stereocenters. The molecule has 0 aliphatic heterocycles. The van der Waals surface area contributed by atoms with Crippen LogP contribution in [0.4, 0.5) is 17.1 Å². The highest BCUT2D eigenvalue weighted by molar-refractivity contribution is 7.26. The third-order valence-corrected chi connectivity index (χ3v) is 13.0. The molecule has 0 amide bonds. The number of fused-ring (bicyclic) bond motifs is 6. The molecule has 0 saturated carbocycles. The summed E-state index contributed by atoms with van der Waals surface area (Å²) < 4.78 is 2.55. The third-order valence-electron chi connectivity index (χ3n) is 11.8. The highest BCUT2D eigenvalue weighted by atomic mass is 32.1. The molecule has 0 radical (unpaired) electrons. The Morgan fingerprint density at radius 2 is 0.842 bits per heavy atom. The third kappa shape index (κ3) is 5.37. The van der Waals surface area contributed by atoms with E-state index < -0.39 is 5.41 Å². The molecule has 0 N–H and O–H groups in total. The van der Waals surface area contributed by atoms with Crippen molar-refractivity contribution in [1.82, 2.24) is 0 Å². The van der Waals surface area contributed by atoms with Crippen LogP contribution in [0.15, 0.2) is 224 Å². The van der Waals surface area contributed by atoms with Crippen molar-refractivity contribution in [3.8, 4) is 33.4 Å². The minimum atomic E-state index is -0.436. The van der Waals surface area contributed by atoms with Crippen molar-refractivity contribution in [3.63, 3.8) is 0 Å². The molecular formula is C55H37NS. The van der Waals surface area contributed by atoms with Gasteiger partial charge in [0.05, 0.1) is 15.8 Å². The zero-order valence-electron chi connectivity index (χ0n) is 31.2. The molecule has 1 nitrogen and oxygen atoms in total. The standard InChI is InChI=1S/C55H37NS/c1-4-15-38(16-5-1)40-27-32-44(33-28-40)56(45-34-29-41(30-35-45)39-17-6-2-7-18-39)52-26-14-23-49-48-36-31-43(37-53(48)57-54(49)52)55(42-19-8-3-9-20-42)50-24-12-10-21-46(50)47-22-11-13-25-51(47)55/h1-37H. The Bertz CT molecular complexity index is 2910. The first-order valence-electron chi connectivity index (χ1n) is 19.6. The van der Waals surface area contributed by atoms with E-state index in [9.17, 15) is 0 Å². The van der Waals surface area contributed by atoms with Gasteiger partial charge in [0.25, 0.3) is 0 Å². The van der Waals surface area contributed by atoms with Gasteiger partial charge in [-0.3, -0.25) is 0 Å². The van der Waals surface area contributed by atoms with Gasteiger partial charge in [0.2, 0.25) is 0 Å². The predicted molar refractivity (Wildman–Crippen MR) is 242 cm³/mol. The van der Waals surface area contributed by atoms with Crippen LogP contribution in [0.2, 0.25) is 0 Å². The molecule has 0 saturated heterocycles. The SMILES string of the molecule is c1ccc(-c2ccc(N(c3ccc(-c4ccccc4)cc3)c3cccc4c3sc3cc(C5(c6ccccc6)c6ccccc6-c6ccccc65)ccc34)cc2)cc1. The fourth-order valence-corrected chi connectivity index (χ4v) is 10.4. The first-order valence-corrected chi connectivity index (χ1v) is 20.4. The van der Waals surface area contributed by atoms with Crippen molar-refractivity contribution in [3.05, 3.63) is 247 Å². The van der Waals surface area contributed by atoms with Crippen LogP contribution in [-0.4, -0.2) is 0 Å². The highest BCUT2D eigenvalue weighted by Crippen LogP contribution is 2.57. The largest absolute Gasteiger partial charge is 0.309 e. The van der Waals surface area contributed by atoms with Gasteiger partial charge >= 0.3 is 0 Å². The van der Waals surface area contributed by atoms with E-state index >= 15 is 0 Å². The average Bonchev–Trinajstić information content (AvgIpc) is 3.82. The molecule has 1 aliphatic rings. The normalized spacial score (nSPS) is 12.7. The summed E-state index contributed by atoms with van der Waals surface area (Å²) in [6, 6.07) is 82.3. The monoisotopic (exact) mass is 743 g/mol. The van der Waals surface area contributed by atoms with Crippen LogP contribution < -0.4 is 4.90 Å². The van der Waals surface area contributed by atoms with Gasteiger partial charge in [0, 0.05) is 26.8 Å². The zero-order valence-corrected chi connectivity index (χ0v) is 32.0. The summed E-state index contributed by atoms with van der Waals surface area (Å²) in [7, 11) is 0. The molecule has 11 rings (SSSR count). The van der Waals surface area contributed by atoms with Crippen LogP contribution in [0.3, 0.4) is 0 Å². The first-order chi connectivity index (χ1) is 28.3. The number of hydrogen-bond acceptors (Lipinski definition) is 2. The van der Waals surface area contributed by atoms with E-state index in [0.717, 1.165) is 11.4 Å². The van der Waals surface area contributed by atoms with Crippen molar-refractivity contribution >= 4 is 48.6 Å². The molecule has 0 spiro atoms. The van der Waals surface area contributed by atoms with Crippen LogP contribution in [0.5, 0.6) is 0 Å². The number of hydrogen-bond donors (Lipinski definition) is 0. The van der Waals surface area contributed by atoms with Gasteiger partial charge in [-0.15, -0.1) is 11.3 Å². The van der Waals surface area contributed by atoms with E-state index in [-0.39, 0.29) is 0 Å². The molecule has 1 aliphatic carbocycles. The topological polar surface area (TPSA) is 3.24 Å². The van der Waals surface area contributed by atoms with Crippen molar-refractivity contribution < 1.29 is 0 Å². The smallest absolute Gasteiger partial charge is 0.0714 e. The van der Waals surface area contributed by atoms with Crippen LogP contribution >= 0.6 is 11.3 Å². The fourth-order valence-electron chi connectivity index (χ4n) is 9.20. The van der Waals surface area contributed by atoms with Crippen molar-refractivity contribution in [1.29, 1.82) is 0 Å². The zero-order chi connectivity index (χ0) is 37.8. The van der Waals surface area contributed by atoms with Gasteiger partial charge in [-0.25, -0.2) is 0 Å². The summed E-state index contributed by atoms with van der Waals surface area (Å²) in [5, 5.41) is 2.55. The molecule has 1 heterocycles. The molecular weight excluding hydrogens is 707 g/mol. The second kappa shape index (κ2) is 13.6. The van der Waals surface area contributed by atoms with Gasteiger partial charge in [0.15, 0.2) is 0 Å². The molecule has 1 aromatic heterocycles. The van der Waals surface area contributed by atoms with Gasteiger partial charge in [-0.05, 0) is 92.0 Å². The van der Waals surface area contributed by atoms with E-state index in [1.54, 1.807) is 0 Å². The second-order valence-electron chi connectivity index (χ2n) is 14.8. The Morgan fingerprint density at radius 3 is 1.40 bits per heavy atom. The van der Waals surface area contributed by atoms with Gasteiger partial charge in [-0.1, -0.05) is 188 Å². The number of thiophene rings is 1. The van der Waals surface area contributed by atoms with E-state index in [4.69, 9.17) is 0 Å². The summed E-state index contributed by atoms with van der Waals surface area (Å²) in [5.41, 5.74) is 15.7. The Balaban J connectivity index is 1.10. The minimum Gasteiger partial charge on any atom is -0.309 e. The Kier molecular flexibility index (Phi) is 7.98. The van der Waals surface area contributed by atoms with Crippen molar-refractivity contribution in [2.75, 3.05) is 4.90 Å². The Hall–Kier alpha value is -7.00. The summed E-state index contributed by atoms with van der Waals surface area (Å²) >= 11 is 1.89. The predicted octanol–water partition coefficient (Wildman–Crippen LogP) is 15.2. The maximum Gasteiger partial charge on any atom is 0.0714 e. The van der Waals surface area contributed by atoms with Crippen LogP contribution in [0.1, 0.15) is 22.3 Å². The lowest BCUT2D eigenvalue weighted by Crippen LogP contribution is -2.28. The molecule has 57 heavy (non-hydrogen) atoms. The quantitative estimate of drug-likeness (QED) is 0.157. The van der Waals surface area contributed by atoms with E-state index in [1.807, 2.05) is 11.3 Å². The van der Waals surface area contributed by atoms with Crippen LogP contribution in [-0.2, 0) is 5.41 Å². The molecule has 0 fully saturated rings. The van der Waals surface area contributed by atoms with Crippen molar-refractivity contribution in [2.45, 2.75) is 5.41 Å². The number of nitrogens with zero attached hydrogens (tertiary/aromatic N) is 1. The maximum atomic E-state index is 2.48. The summed E-state index contributed by atoms with van der Waals surface area (Å²) in [5.74, 6) is 0. The summed E-state index contributed by atoms with van der Waals surface area (Å²) in [6.07, 6.45) is 0. The fraction of sp³-hybridized carbons (Fsp3) is 0.0182. The highest BCUT2D eigenvalue weighted by Gasteiger charge is 2.46. The summed E-state index contributed by atoms with van der Waals surface area (Å²) in [4.78, 5) is 2.43. The Morgan fingerprint density at radius 1 is 0.351 bits per heavy atom. The van der Waals surface area contributed by atoms with Gasteiger partial charge in [0.1, 0.15) is 0 Å². The van der Waals surface area contributed by atoms with E-state index in [0.29, 0.717) is 0 Å². The number of benzene rings is 9. The molecule has 10 aromatic rings. The van der Waals surface area contributed by atoms with Crippen LogP contribution in [0.25, 0.3) is 53.6 Å². The maximum absolute atomic E-state index is 2.48. The minimum absolute atomic E-state index is 0.436. The number of rotatable bonds is 7. The molecule has 268 valence electrons. The lowest BCUT2D eigenvalue weighted by molar-refractivity contribution is 0.770. The molecule has 0 atom stereocenters. The van der Waals surface area contributed by atoms with E-state index in [2.05, 4.69) is 229 Å². The van der Waals surface area contributed by atoms with Gasteiger partial charge in [-0.2, -0.15) is 0 Å².